The number of nitrogens with one attached hydrogen (secondary N) is 1. The molecular formula is C17H30N4. The van der Waals surface area contributed by atoms with Crippen molar-refractivity contribution in [1.29, 1.82) is 0 Å². The Hall–Kier alpha value is -1.32. The van der Waals surface area contributed by atoms with Crippen LogP contribution < -0.4 is 10.2 Å². The maximum atomic E-state index is 4.63. The van der Waals surface area contributed by atoms with Gasteiger partial charge in [0, 0.05) is 25.2 Å². The molecule has 1 aliphatic rings. The van der Waals surface area contributed by atoms with Crippen LogP contribution in [0.1, 0.15) is 58.4 Å². The van der Waals surface area contributed by atoms with Crippen molar-refractivity contribution in [2.75, 3.05) is 29.9 Å². The van der Waals surface area contributed by atoms with Crippen molar-refractivity contribution in [2.24, 2.45) is 5.92 Å². The van der Waals surface area contributed by atoms with E-state index in [4.69, 9.17) is 0 Å². The van der Waals surface area contributed by atoms with Crippen molar-refractivity contribution in [1.82, 2.24) is 9.97 Å². The van der Waals surface area contributed by atoms with E-state index in [1.807, 2.05) is 0 Å². The van der Waals surface area contributed by atoms with Gasteiger partial charge in [-0.1, -0.05) is 33.6 Å². The van der Waals surface area contributed by atoms with Gasteiger partial charge < -0.3 is 10.2 Å². The largest absolute Gasteiger partial charge is 0.370 e. The van der Waals surface area contributed by atoms with Gasteiger partial charge in [0.1, 0.15) is 18.0 Å². The number of anilines is 2. The van der Waals surface area contributed by atoms with E-state index >= 15 is 0 Å². The summed E-state index contributed by atoms with van der Waals surface area (Å²) in [5.74, 6) is 3.03. The monoisotopic (exact) mass is 290 g/mol. The van der Waals surface area contributed by atoms with Gasteiger partial charge in [-0.15, -0.1) is 0 Å². The molecule has 118 valence electrons. The molecule has 0 aromatic carbocycles. The molecule has 2 heterocycles. The Kier molecular flexibility index (Phi) is 6.27. The van der Waals surface area contributed by atoms with Crippen LogP contribution >= 0.6 is 0 Å². The summed E-state index contributed by atoms with van der Waals surface area (Å²) < 4.78 is 0. The lowest BCUT2D eigenvalue weighted by atomic mass is 9.95. The highest BCUT2D eigenvalue weighted by molar-refractivity contribution is 5.59. The van der Waals surface area contributed by atoms with E-state index in [9.17, 15) is 0 Å². The Labute approximate surface area is 129 Å². The van der Waals surface area contributed by atoms with Crippen LogP contribution in [-0.4, -0.2) is 29.6 Å². The summed E-state index contributed by atoms with van der Waals surface area (Å²) in [5.41, 5.74) is 1.31. The van der Waals surface area contributed by atoms with Gasteiger partial charge in [0.05, 0.1) is 0 Å². The second-order valence-corrected chi connectivity index (χ2v) is 6.06. The Morgan fingerprint density at radius 1 is 1.24 bits per heavy atom. The predicted molar refractivity (Wildman–Crippen MR) is 90.0 cm³/mol. The van der Waals surface area contributed by atoms with Crippen molar-refractivity contribution in [2.45, 2.75) is 59.3 Å². The van der Waals surface area contributed by atoms with Crippen molar-refractivity contribution in [3.8, 4) is 0 Å². The Morgan fingerprint density at radius 3 is 2.81 bits per heavy atom. The van der Waals surface area contributed by atoms with Crippen LogP contribution in [0.25, 0.3) is 0 Å². The van der Waals surface area contributed by atoms with E-state index in [0.29, 0.717) is 0 Å². The van der Waals surface area contributed by atoms with E-state index in [-0.39, 0.29) is 0 Å². The minimum absolute atomic E-state index is 0.815. The molecule has 2 rings (SSSR count). The first-order chi connectivity index (χ1) is 10.3. The average Bonchev–Trinajstić information content (AvgIpc) is 2.54. The van der Waals surface area contributed by atoms with Crippen LogP contribution in [-0.2, 0) is 6.42 Å². The highest BCUT2D eigenvalue weighted by Crippen LogP contribution is 2.29. The lowest BCUT2D eigenvalue weighted by molar-refractivity contribution is 0.402. The molecule has 0 amide bonds. The first-order valence-corrected chi connectivity index (χ1v) is 8.62. The number of aromatic nitrogens is 2. The van der Waals surface area contributed by atoms with E-state index in [2.05, 4.69) is 41.0 Å². The molecule has 0 bridgehead atoms. The van der Waals surface area contributed by atoms with Crippen LogP contribution in [0, 0.1) is 5.92 Å². The fraction of sp³-hybridized carbons (Fsp3) is 0.765. The zero-order chi connectivity index (χ0) is 15.1. The summed E-state index contributed by atoms with van der Waals surface area (Å²) >= 11 is 0. The lowest BCUT2D eigenvalue weighted by Gasteiger charge is -2.34. The zero-order valence-corrected chi connectivity index (χ0v) is 13.9. The van der Waals surface area contributed by atoms with Gasteiger partial charge in [-0.25, -0.2) is 9.97 Å². The van der Waals surface area contributed by atoms with Crippen LogP contribution in [0.5, 0.6) is 0 Å². The van der Waals surface area contributed by atoms with Crippen LogP contribution in [0.4, 0.5) is 11.6 Å². The summed E-state index contributed by atoms with van der Waals surface area (Å²) in [6.07, 6.45) is 8.94. The summed E-state index contributed by atoms with van der Waals surface area (Å²) in [5, 5.41) is 3.47. The Morgan fingerprint density at radius 2 is 2.10 bits per heavy atom. The second kappa shape index (κ2) is 8.20. The number of piperidine rings is 1. The normalized spacial score (nSPS) is 18.8. The molecule has 0 aliphatic carbocycles. The molecule has 1 fully saturated rings. The number of rotatable bonds is 7. The van der Waals surface area contributed by atoms with Crippen molar-refractivity contribution >= 4 is 11.6 Å². The van der Waals surface area contributed by atoms with Gasteiger partial charge in [0.25, 0.3) is 0 Å². The van der Waals surface area contributed by atoms with Gasteiger partial charge in [-0.2, -0.15) is 0 Å². The van der Waals surface area contributed by atoms with Crippen LogP contribution in [0.15, 0.2) is 6.33 Å². The maximum absolute atomic E-state index is 4.63. The molecule has 0 radical (unpaired) electrons. The lowest BCUT2D eigenvalue weighted by Crippen LogP contribution is -2.36. The average molecular weight is 290 g/mol. The molecule has 21 heavy (non-hydrogen) atoms. The number of hydrogen-bond acceptors (Lipinski definition) is 4. The molecule has 1 aliphatic heterocycles. The molecule has 0 spiro atoms. The van der Waals surface area contributed by atoms with Gasteiger partial charge in [-0.05, 0) is 31.6 Å². The van der Waals surface area contributed by atoms with Gasteiger partial charge in [-0.3, -0.25) is 0 Å². The third kappa shape index (κ3) is 4.08. The zero-order valence-electron chi connectivity index (χ0n) is 13.9. The topological polar surface area (TPSA) is 41.1 Å². The Bertz CT molecular complexity index is 433. The quantitative estimate of drug-likeness (QED) is 0.827. The molecule has 1 aromatic heterocycles. The maximum Gasteiger partial charge on any atom is 0.137 e. The van der Waals surface area contributed by atoms with E-state index in [1.54, 1.807) is 6.33 Å². The van der Waals surface area contributed by atoms with Crippen molar-refractivity contribution in [3.63, 3.8) is 0 Å². The molecule has 0 saturated carbocycles. The molecule has 1 atom stereocenters. The van der Waals surface area contributed by atoms with E-state index in [0.717, 1.165) is 50.6 Å². The molecule has 4 nitrogen and oxygen atoms in total. The molecule has 1 aromatic rings. The summed E-state index contributed by atoms with van der Waals surface area (Å²) in [4.78, 5) is 11.6. The Balaban J connectivity index is 2.24. The fourth-order valence-corrected chi connectivity index (χ4v) is 3.14. The second-order valence-electron chi connectivity index (χ2n) is 6.06. The molecule has 4 heteroatoms. The van der Waals surface area contributed by atoms with Gasteiger partial charge in [0.15, 0.2) is 0 Å². The highest BCUT2D eigenvalue weighted by Gasteiger charge is 2.23. The van der Waals surface area contributed by atoms with Crippen molar-refractivity contribution < 1.29 is 0 Å². The third-order valence-electron chi connectivity index (χ3n) is 4.36. The highest BCUT2D eigenvalue weighted by atomic mass is 15.2. The summed E-state index contributed by atoms with van der Waals surface area (Å²) in [6, 6.07) is 0. The first-order valence-electron chi connectivity index (χ1n) is 8.62. The SMILES string of the molecule is CCCNc1ncnc(N2CCCC(CC)C2)c1CCC. The standard InChI is InChI=1S/C17H30N4/c1-4-8-15-16(18-10-5-2)19-13-20-17(15)21-11-7-9-14(6-3)12-21/h13-14H,4-12H2,1-3H3,(H,18,19,20). The smallest absolute Gasteiger partial charge is 0.137 e. The van der Waals surface area contributed by atoms with E-state index in [1.165, 1.54) is 30.6 Å². The molecule has 1 unspecified atom stereocenters. The number of nitrogens with zero attached hydrogens (tertiary/aromatic N) is 3. The molecular weight excluding hydrogens is 260 g/mol. The van der Waals surface area contributed by atoms with E-state index < -0.39 is 0 Å². The van der Waals surface area contributed by atoms with Gasteiger partial charge in [0.2, 0.25) is 0 Å². The molecule has 1 saturated heterocycles. The van der Waals surface area contributed by atoms with Crippen LogP contribution in [0.2, 0.25) is 0 Å². The van der Waals surface area contributed by atoms with Gasteiger partial charge >= 0.3 is 0 Å². The molecule has 1 N–H and O–H groups in total. The first kappa shape index (κ1) is 16.1. The summed E-state index contributed by atoms with van der Waals surface area (Å²) in [7, 11) is 0. The predicted octanol–water partition coefficient (Wildman–Crippen LogP) is 3.88. The third-order valence-corrected chi connectivity index (χ3v) is 4.36. The summed E-state index contributed by atoms with van der Waals surface area (Å²) in [6.45, 7) is 9.98. The fourth-order valence-electron chi connectivity index (χ4n) is 3.14. The van der Waals surface area contributed by atoms with Crippen molar-refractivity contribution in [3.05, 3.63) is 11.9 Å². The minimum Gasteiger partial charge on any atom is -0.370 e. The van der Waals surface area contributed by atoms with Crippen LogP contribution in [0.3, 0.4) is 0 Å². The minimum atomic E-state index is 0.815. The number of hydrogen-bond donors (Lipinski definition) is 1.